The summed E-state index contributed by atoms with van der Waals surface area (Å²) in [6.45, 7) is 6.16. The molecule has 0 aromatic rings. The molecule has 0 bridgehead atoms. The van der Waals surface area contributed by atoms with E-state index in [0.717, 1.165) is 128 Å². The van der Waals surface area contributed by atoms with Gasteiger partial charge in [0.15, 0.2) is 6.10 Å². The molecule has 0 spiro atoms. The van der Waals surface area contributed by atoms with E-state index in [2.05, 4.69) is 142 Å². The lowest BCUT2D eigenvalue weighted by Crippen LogP contribution is -2.30. The van der Waals surface area contributed by atoms with Crippen molar-refractivity contribution in [1.82, 2.24) is 0 Å². The first-order chi connectivity index (χ1) is 29.0. The Kier molecular flexibility index (Phi) is 43.2. The van der Waals surface area contributed by atoms with Crippen LogP contribution in [-0.4, -0.2) is 37.2 Å². The molecule has 0 fully saturated rings. The maximum atomic E-state index is 12.7. The van der Waals surface area contributed by atoms with E-state index in [9.17, 15) is 14.4 Å². The monoisotopic (exact) mass is 815 g/mol. The fourth-order valence-corrected chi connectivity index (χ4v) is 5.59. The van der Waals surface area contributed by atoms with Crippen molar-refractivity contribution in [1.29, 1.82) is 0 Å². The topological polar surface area (TPSA) is 78.9 Å². The molecule has 6 heteroatoms. The number of rotatable bonds is 39. The lowest BCUT2D eigenvalue weighted by Gasteiger charge is -2.18. The number of unbranched alkanes of at least 4 members (excludes halogenated alkanes) is 8. The van der Waals surface area contributed by atoms with E-state index in [1.54, 1.807) is 0 Å². The van der Waals surface area contributed by atoms with E-state index >= 15 is 0 Å². The Morgan fingerprint density at radius 2 is 0.627 bits per heavy atom. The van der Waals surface area contributed by atoms with Gasteiger partial charge in [0.25, 0.3) is 0 Å². The van der Waals surface area contributed by atoms with Gasteiger partial charge in [0.2, 0.25) is 0 Å². The standard InChI is InChI=1S/C53H82O6/c1-4-7-10-13-16-19-22-24-26-27-29-31-34-37-40-43-46-52(55)58-49-50(48-57-51(54)45-42-39-36-33-30-21-18-15-12-9-6-3)59-53(56)47-44-41-38-35-32-28-25-23-20-17-14-11-8-5-2/h7-12,16-21,24-26,28-29,31,33,36,50H,4-6,13-15,22-23,27,30,32,34-35,37-49H2,1-3H3/b10-7-,11-8-,12-9-,19-16-,20-17-,21-18-,26-24-,28-25-,31-29-,36-33-. The van der Waals surface area contributed by atoms with Crippen LogP contribution in [0.4, 0.5) is 0 Å². The summed E-state index contributed by atoms with van der Waals surface area (Å²) >= 11 is 0. The van der Waals surface area contributed by atoms with E-state index in [1.165, 1.54) is 0 Å². The smallest absolute Gasteiger partial charge is 0.306 e. The van der Waals surface area contributed by atoms with Gasteiger partial charge < -0.3 is 14.2 Å². The van der Waals surface area contributed by atoms with Crippen LogP contribution < -0.4 is 0 Å². The molecular weight excluding hydrogens is 733 g/mol. The fraction of sp³-hybridized carbons (Fsp3) is 0.566. The zero-order valence-electron chi connectivity index (χ0n) is 37.5. The summed E-state index contributed by atoms with van der Waals surface area (Å²) < 4.78 is 16.6. The average molecular weight is 815 g/mol. The van der Waals surface area contributed by atoms with Gasteiger partial charge in [-0.2, -0.15) is 0 Å². The molecule has 1 unspecified atom stereocenters. The Morgan fingerprint density at radius 1 is 0.339 bits per heavy atom. The van der Waals surface area contributed by atoms with Crippen molar-refractivity contribution in [3.63, 3.8) is 0 Å². The van der Waals surface area contributed by atoms with E-state index in [4.69, 9.17) is 14.2 Å². The molecule has 0 aliphatic carbocycles. The van der Waals surface area contributed by atoms with Crippen molar-refractivity contribution >= 4 is 17.9 Å². The number of carbonyl (C=O) groups is 3. The van der Waals surface area contributed by atoms with E-state index in [0.29, 0.717) is 12.8 Å². The van der Waals surface area contributed by atoms with Gasteiger partial charge in [0.1, 0.15) is 13.2 Å². The van der Waals surface area contributed by atoms with Gasteiger partial charge in [-0.15, -0.1) is 0 Å². The third-order valence-electron chi connectivity index (χ3n) is 8.94. The summed E-state index contributed by atoms with van der Waals surface area (Å²) in [5, 5.41) is 0. The Hall–Kier alpha value is -4.19. The number of allylic oxidation sites excluding steroid dienone is 20. The van der Waals surface area contributed by atoms with Crippen molar-refractivity contribution < 1.29 is 28.6 Å². The molecule has 330 valence electrons. The Morgan fingerprint density at radius 3 is 1.02 bits per heavy atom. The quantitative estimate of drug-likeness (QED) is 0.0266. The van der Waals surface area contributed by atoms with Crippen LogP contribution in [0.1, 0.15) is 175 Å². The number of esters is 3. The molecule has 0 aliphatic rings. The predicted molar refractivity (Wildman–Crippen MR) is 251 cm³/mol. The first-order valence-electron chi connectivity index (χ1n) is 23.0. The minimum Gasteiger partial charge on any atom is -0.462 e. The van der Waals surface area contributed by atoms with Crippen LogP contribution in [0.25, 0.3) is 0 Å². The lowest BCUT2D eigenvalue weighted by atomic mass is 10.1. The predicted octanol–water partition coefficient (Wildman–Crippen LogP) is 15.0. The summed E-state index contributed by atoms with van der Waals surface area (Å²) in [7, 11) is 0. The van der Waals surface area contributed by atoms with Gasteiger partial charge in [-0.25, -0.2) is 0 Å². The molecule has 0 N–H and O–H groups in total. The van der Waals surface area contributed by atoms with E-state index in [-0.39, 0.29) is 44.0 Å². The minimum atomic E-state index is -0.825. The number of hydrogen-bond acceptors (Lipinski definition) is 6. The number of carbonyl (C=O) groups excluding carboxylic acids is 3. The summed E-state index contributed by atoms with van der Waals surface area (Å²) in [5.74, 6) is -1.04. The molecule has 0 radical (unpaired) electrons. The summed E-state index contributed by atoms with van der Waals surface area (Å²) in [5.41, 5.74) is 0. The first-order valence-corrected chi connectivity index (χ1v) is 23.0. The highest BCUT2D eigenvalue weighted by Crippen LogP contribution is 2.11. The zero-order valence-corrected chi connectivity index (χ0v) is 37.5. The molecule has 0 aliphatic heterocycles. The Bertz CT molecular complexity index is 1300. The summed E-state index contributed by atoms with van der Waals surface area (Å²) in [4.78, 5) is 37.8. The minimum absolute atomic E-state index is 0.124. The van der Waals surface area contributed by atoms with E-state index in [1.807, 2.05) is 0 Å². The SMILES string of the molecule is CC/C=C\C/C=C\C/C=C\C/C=C\CCCCCC(=O)OCC(COC(=O)CCC/C=C\C/C=C\C/C=C\CC)OC(=O)CCCCCC/C=C\C/C=C\C/C=C\CC. The third kappa shape index (κ3) is 44.8. The molecule has 0 amide bonds. The second-order valence-corrected chi connectivity index (χ2v) is 14.5. The van der Waals surface area contributed by atoms with Crippen LogP contribution in [0, 0.1) is 0 Å². The molecule has 59 heavy (non-hydrogen) atoms. The molecule has 0 saturated heterocycles. The van der Waals surface area contributed by atoms with Gasteiger partial charge in [-0.1, -0.05) is 162 Å². The van der Waals surface area contributed by atoms with Gasteiger partial charge >= 0.3 is 17.9 Å². The lowest BCUT2D eigenvalue weighted by molar-refractivity contribution is -0.167. The molecule has 0 aromatic heterocycles. The van der Waals surface area contributed by atoms with Crippen LogP contribution in [-0.2, 0) is 28.6 Å². The number of hydrogen-bond donors (Lipinski definition) is 0. The Labute approximate surface area is 361 Å². The average Bonchev–Trinajstić information content (AvgIpc) is 3.23. The van der Waals surface area contributed by atoms with Crippen molar-refractivity contribution in [3.05, 3.63) is 122 Å². The fourth-order valence-electron chi connectivity index (χ4n) is 5.59. The van der Waals surface area contributed by atoms with Crippen molar-refractivity contribution in [2.45, 2.75) is 181 Å². The van der Waals surface area contributed by atoms with Crippen LogP contribution in [0.15, 0.2) is 122 Å². The summed E-state index contributed by atoms with van der Waals surface area (Å²) in [6, 6.07) is 0. The maximum absolute atomic E-state index is 12.7. The molecule has 0 rings (SSSR count). The highest BCUT2D eigenvalue weighted by atomic mass is 16.6. The molecule has 1 atom stereocenters. The zero-order chi connectivity index (χ0) is 43.0. The first kappa shape index (κ1) is 54.8. The van der Waals surface area contributed by atoms with Crippen molar-refractivity contribution in [3.8, 4) is 0 Å². The molecule has 6 nitrogen and oxygen atoms in total. The van der Waals surface area contributed by atoms with Crippen LogP contribution >= 0.6 is 0 Å². The van der Waals surface area contributed by atoms with Crippen molar-refractivity contribution in [2.24, 2.45) is 0 Å². The van der Waals surface area contributed by atoms with Gasteiger partial charge in [-0.05, 0) is 116 Å². The van der Waals surface area contributed by atoms with Crippen LogP contribution in [0.3, 0.4) is 0 Å². The molecule has 0 aromatic carbocycles. The molecule has 0 saturated carbocycles. The van der Waals surface area contributed by atoms with Crippen molar-refractivity contribution in [2.75, 3.05) is 13.2 Å². The third-order valence-corrected chi connectivity index (χ3v) is 8.94. The van der Waals surface area contributed by atoms with Gasteiger partial charge in [0, 0.05) is 19.3 Å². The highest BCUT2D eigenvalue weighted by Gasteiger charge is 2.19. The summed E-state index contributed by atoms with van der Waals surface area (Å²) in [6.07, 6.45) is 63.3. The van der Waals surface area contributed by atoms with Crippen LogP contribution in [0.5, 0.6) is 0 Å². The largest absolute Gasteiger partial charge is 0.462 e. The molecular formula is C53H82O6. The number of ether oxygens (including phenoxy) is 3. The normalized spacial score (nSPS) is 13.2. The Balaban J connectivity index is 4.56. The van der Waals surface area contributed by atoms with Gasteiger partial charge in [-0.3, -0.25) is 14.4 Å². The second kappa shape index (κ2) is 46.5. The second-order valence-electron chi connectivity index (χ2n) is 14.5. The highest BCUT2D eigenvalue weighted by molar-refractivity contribution is 5.71. The van der Waals surface area contributed by atoms with E-state index < -0.39 is 6.10 Å². The van der Waals surface area contributed by atoms with Gasteiger partial charge in [0.05, 0.1) is 0 Å². The molecule has 0 heterocycles. The maximum Gasteiger partial charge on any atom is 0.306 e. The van der Waals surface area contributed by atoms with Crippen LogP contribution in [0.2, 0.25) is 0 Å².